The summed E-state index contributed by atoms with van der Waals surface area (Å²) >= 11 is 0. The van der Waals surface area contributed by atoms with E-state index < -0.39 is 33.9 Å². The van der Waals surface area contributed by atoms with Gasteiger partial charge in [-0.05, 0) is 25.7 Å². The number of hydrogen-bond acceptors (Lipinski definition) is 9. The van der Waals surface area contributed by atoms with Crippen molar-refractivity contribution < 1.29 is 43.1 Å². The average molecular weight is 535 g/mol. The second-order valence-electron chi connectivity index (χ2n) is 7.31. The number of phosphoric acid groups is 2. The molecule has 1 heterocycles. The molecule has 188 valence electrons. The van der Waals surface area contributed by atoms with E-state index in [9.17, 15) is 18.9 Å². The van der Waals surface area contributed by atoms with Crippen LogP contribution in [0.4, 0.5) is 0 Å². The average Bonchev–Trinajstić information content (AvgIpc) is 3.10. The first-order valence-corrected chi connectivity index (χ1v) is 16.3. The van der Waals surface area contributed by atoms with Crippen molar-refractivity contribution in [3.05, 3.63) is 0 Å². The molecule has 9 nitrogen and oxygen atoms in total. The van der Waals surface area contributed by atoms with E-state index in [1.165, 1.54) is 12.8 Å². The summed E-state index contributed by atoms with van der Waals surface area (Å²) in [4.78, 5) is 19.3. The Kier molecular flexibility index (Phi) is 15.9. The van der Waals surface area contributed by atoms with Gasteiger partial charge in [-0.2, -0.15) is 0 Å². The third-order valence-electron chi connectivity index (χ3n) is 4.57. The molecule has 0 aromatic rings. The lowest BCUT2D eigenvalue weighted by atomic mass is 9.96. The van der Waals surface area contributed by atoms with Crippen molar-refractivity contribution in [2.45, 2.75) is 82.9 Å². The van der Waals surface area contributed by atoms with Crippen molar-refractivity contribution in [2.24, 2.45) is 0 Å². The molecule has 32 heavy (non-hydrogen) atoms. The van der Waals surface area contributed by atoms with Gasteiger partial charge in [0.15, 0.2) is 0 Å². The molecule has 5 atom stereocenters. The van der Waals surface area contributed by atoms with E-state index in [4.69, 9.17) is 27.5 Å². The van der Waals surface area contributed by atoms with E-state index in [2.05, 4.69) is 4.52 Å². The summed E-state index contributed by atoms with van der Waals surface area (Å²) in [6, 6.07) is -0.755. The summed E-state index contributed by atoms with van der Waals surface area (Å²) in [7, 11) is 1.93. The lowest BCUT2D eigenvalue weighted by Crippen LogP contribution is -2.28. The van der Waals surface area contributed by atoms with E-state index >= 15 is 0 Å². The lowest BCUT2D eigenvalue weighted by molar-refractivity contribution is -0.00843. The molecule has 1 fully saturated rings. The second kappa shape index (κ2) is 17.4. The summed E-state index contributed by atoms with van der Waals surface area (Å²) in [6.07, 6.45) is 6.49. The zero-order chi connectivity index (χ0) is 24.6. The molecule has 1 saturated heterocycles. The fourth-order valence-electron chi connectivity index (χ4n) is 2.85. The Morgan fingerprint density at radius 1 is 1.03 bits per heavy atom. The third kappa shape index (κ3) is 15.0. The van der Waals surface area contributed by atoms with Crippen LogP contribution in [-0.2, 0) is 32.0 Å². The van der Waals surface area contributed by atoms with Crippen molar-refractivity contribution in [3.8, 4) is 0 Å². The Balaban J connectivity index is 2.07. The third-order valence-corrected chi connectivity index (χ3v) is 9.13. The molecule has 1 aliphatic rings. The van der Waals surface area contributed by atoms with Crippen LogP contribution < -0.4 is 0 Å². The van der Waals surface area contributed by atoms with Crippen LogP contribution >= 0.6 is 37.2 Å². The molecule has 1 aliphatic heterocycles. The maximum Gasteiger partial charge on any atom is 0.472 e. The summed E-state index contributed by atoms with van der Waals surface area (Å²) in [5.74, 6) is 2.23. The predicted molar refractivity (Wildman–Crippen MR) is 130 cm³/mol. The van der Waals surface area contributed by atoms with E-state index in [0.717, 1.165) is 50.7 Å². The topological polar surface area (TPSA) is 121 Å². The number of phosphoric ester groups is 2. The smallest absolute Gasteiger partial charge is 0.380 e. The summed E-state index contributed by atoms with van der Waals surface area (Å²) < 4.78 is 55.4. The summed E-state index contributed by atoms with van der Waals surface area (Å²) in [5, 5.41) is 0. The molecule has 0 spiro atoms. The van der Waals surface area contributed by atoms with Crippen LogP contribution in [-0.4, -0.2) is 67.7 Å². The van der Waals surface area contributed by atoms with Gasteiger partial charge in [0.1, 0.15) is 14.0 Å². The molecule has 14 heteroatoms. The molecule has 0 aromatic heterocycles. The minimum absolute atomic E-state index is 0.0917. The normalized spacial score (nSPS) is 25.3. The first-order valence-electron chi connectivity index (χ1n) is 11.5. The Hall–Kier alpha value is 0.945. The van der Waals surface area contributed by atoms with Crippen LogP contribution in [0, 0.1) is 0 Å². The highest BCUT2D eigenvalue weighted by Crippen LogP contribution is 2.48. The van der Waals surface area contributed by atoms with Gasteiger partial charge in [0, 0.05) is 26.0 Å². The largest absolute Gasteiger partial charge is 0.472 e. The lowest BCUT2D eigenvalue weighted by Gasteiger charge is -2.21. The number of ether oxygens (including phenoxy) is 1. The fourth-order valence-corrected chi connectivity index (χ4v) is 6.57. The van der Waals surface area contributed by atoms with Crippen LogP contribution in [0.5, 0.6) is 0 Å². The van der Waals surface area contributed by atoms with Gasteiger partial charge >= 0.3 is 15.6 Å². The van der Waals surface area contributed by atoms with E-state index in [0.29, 0.717) is 13.3 Å². The Bertz CT molecular complexity index is 611. The van der Waals surface area contributed by atoms with Crippen molar-refractivity contribution in [1.82, 2.24) is 0 Å². The van der Waals surface area contributed by atoms with Gasteiger partial charge in [-0.15, -0.1) is 0 Å². The maximum absolute atomic E-state index is 12.1. The summed E-state index contributed by atoms with van der Waals surface area (Å²) in [6.45, 7) is 0.241. The Morgan fingerprint density at radius 2 is 1.69 bits per heavy atom. The van der Waals surface area contributed by atoms with Crippen molar-refractivity contribution in [1.29, 1.82) is 0 Å². The van der Waals surface area contributed by atoms with Gasteiger partial charge in [-0.25, -0.2) is 9.13 Å². The highest BCUT2D eigenvalue weighted by atomic mass is 33.1. The van der Waals surface area contributed by atoms with Gasteiger partial charge in [-0.1, -0.05) is 60.6 Å². The highest BCUT2D eigenvalue weighted by Gasteiger charge is 2.40. The van der Waals surface area contributed by atoms with Gasteiger partial charge in [-0.3, -0.25) is 18.1 Å². The van der Waals surface area contributed by atoms with Crippen LogP contribution in [0.15, 0.2) is 0 Å². The standard InChI is InChI=1S/C18H37BO9P2S2/c1-3-4-5-9-12-31-32-13-10-7-6-8-11-25-30(22,23)26-15-17-16(14-18(19)27-17)28-29(20,21)24-2/h16-18H,3-15H2,1-2H3,(H,20,21)(H,22,23)/t16-,17-,18-/m1/s1/i1D. The maximum atomic E-state index is 12.1. The second-order valence-corrected chi connectivity index (χ2v) is 13.0. The Labute approximate surface area is 202 Å². The molecule has 0 aromatic carbocycles. The van der Waals surface area contributed by atoms with Gasteiger partial charge in [0.2, 0.25) is 0 Å². The highest BCUT2D eigenvalue weighted by molar-refractivity contribution is 8.76. The SMILES string of the molecule is [2H]CCCCCCSSCCCCCCOP(=O)(O)OC[C@H]1O[C@@H]([B])C[C@H]1OP(=O)(O)OC. The molecule has 0 bridgehead atoms. The number of unbranched alkanes of at least 4 members (excludes halogenated alkanes) is 6. The fraction of sp³-hybridized carbons (Fsp3) is 1.00. The van der Waals surface area contributed by atoms with Crippen molar-refractivity contribution in [2.75, 3.05) is 31.8 Å². The number of hydrogen-bond donors (Lipinski definition) is 2. The van der Waals surface area contributed by atoms with Crippen LogP contribution in [0.1, 0.15) is 66.1 Å². The summed E-state index contributed by atoms with van der Waals surface area (Å²) in [5.41, 5.74) is 0. The molecule has 0 saturated carbocycles. The molecule has 2 radical (unpaired) electrons. The van der Waals surface area contributed by atoms with Gasteiger partial charge in [0.05, 0.1) is 19.3 Å². The molecule has 2 unspecified atom stereocenters. The monoisotopic (exact) mass is 535 g/mol. The van der Waals surface area contributed by atoms with Crippen LogP contribution in [0.25, 0.3) is 0 Å². The zero-order valence-electron chi connectivity index (χ0n) is 19.7. The zero-order valence-corrected chi connectivity index (χ0v) is 22.1. The first-order chi connectivity index (χ1) is 15.7. The first kappa shape index (κ1) is 29.2. The molecule has 0 amide bonds. The molecular formula is C18H37BO9P2S2. The number of rotatable bonds is 20. The molecule has 0 aliphatic carbocycles. The molecular weight excluding hydrogens is 497 g/mol. The van der Waals surface area contributed by atoms with Crippen LogP contribution in [0.2, 0.25) is 0 Å². The van der Waals surface area contributed by atoms with Gasteiger partial charge in [0.25, 0.3) is 0 Å². The quantitative estimate of drug-likeness (QED) is 0.0942. The van der Waals surface area contributed by atoms with E-state index in [-0.39, 0.29) is 19.6 Å². The molecule has 2 N–H and O–H groups in total. The minimum atomic E-state index is -4.29. The van der Waals surface area contributed by atoms with Crippen LogP contribution in [0.3, 0.4) is 0 Å². The minimum Gasteiger partial charge on any atom is -0.380 e. The van der Waals surface area contributed by atoms with E-state index in [1.807, 2.05) is 21.6 Å². The Morgan fingerprint density at radius 3 is 2.34 bits per heavy atom. The van der Waals surface area contributed by atoms with Crippen molar-refractivity contribution in [3.63, 3.8) is 0 Å². The van der Waals surface area contributed by atoms with E-state index in [1.54, 1.807) is 0 Å². The van der Waals surface area contributed by atoms with Gasteiger partial charge < -0.3 is 14.5 Å². The predicted octanol–water partition coefficient (Wildman–Crippen LogP) is 5.06. The van der Waals surface area contributed by atoms with Crippen molar-refractivity contribution >= 4 is 45.1 Å². The molecule has 1 rings (SSSR count).